The van der Waals surface area contributed by atoms with Crippen molar-refractivity contribution in [3.05, 3.63) is 75.6 Å². The van der Waals surface area contributed by atoms with Crippen LogP contribution in [0.3, 0.4) is 0 Å². The van der Waals surface area contributed by atoms with E-state index in [0.29, 0.717) is 6.54 Å². The first-order valence-corrected chi connectivity index (χ1v) is 7.22. The minimum absolute atomic E-state index is 0.144. The third-order valence-electron chi connectivity index (χ3n) is 3.06. The highest BCUT2D eigenvalue weighted by Gasteiger charge is 2.00. The number of nitrogens with one attached hydrogen (secondary N) is 2. The number of aromatic amines is 1. The summed E-state index contributed by atoms with van der Waals surface area (Å²) in [5, 5.41) is 3.29. The van der Waals surface area contributed by atoms with Crippen LogP contribution in [0.15, 0.2) is 64.3 Å². The molecule has 6 heteroatoms. The van der Waals surface area contributed by atoms with Crippen molar-refractivity contribution in [2.24, 2.45) is 0 Å². The van der Waals surface area contributed by atoms with Crippen LogP contribution < -0.4 is 11.0 Å². The van der Waals surface area contributed by atoms with Gasteiger partial charge in [-0.3, -0.25) is 9.55 Å². The normalized spacial score (nSPS) is 10.5. The van der Waals surface area contributed by atoms with E-state index < -0.39 is 0 Å². The summed E-state index contributed by atoms with van der Waals surface area (Å²) < 4.78 is 2.52. The number of H-pyrrole nitrogens is 1. The van der Waals surface area contributed by atoms with Crippen molar-refractivity contribution in [2.45, 2.75) is 6.54 Å². The Morgan fingerprint density at radius 2 is 2.00 bits per heavy atom. The average molecular weight is 345 g/mol. The first-order chi connectivity index (χ1) is 10.2. The van der Waals surface area contributed by atoms with Crippen molar-refractivity contribution in [3.63, 3.8) is 0 Å². The minimum atomic E-state index is -0.144. The molecule has 0 aliphatic carbocycles. The predicted octanol–water partition coefficient (Wildman–Crippen LogP) is 2.94. The van der Waals surface area contributed by atoms with Crippen LogP contribution in [0.2, 0.25) is 0 Å². The molecule has 21 heavy (non-hydrogen) atoms. The molecule has 3 aromatic rings. The lowest BCUT2D eigenvalue weighted by Gasteiger charge is -2.07. The van der Waals surface area contributed by atoms with E-state index in [0.717, 1.165) is 21.5 Å². The summed E-state index contributed by atoms with van der Waals surface area (Å²) in [5.74, 6) is 0. The molecule has 3 rings (SSSR count). The molecule has 0 radical (unpaired) electrons. The van der Waals surface area contributed by atoms with E-state index in [1.165, 1.54) is 0 Å². The lowest BCUT2D eigenvalue weighted by molar-refractivity contribution is 0.986. The Balaban J connectivity index is 1.69. The topological polar surface area (TPSA) is 62.7 Å². The molecule has 2 heterocycles. The SMILES string of the molecule is O=c1[nH]ccn1-c1ccc(NCc2ccc(Br)cn2)cc1. The van der Waals surface area contributed by atoms with Gasteiger partial charge in [-0.15, -0.1) is 0 Å². The van der Waals surface area contributed by atoms with Gasteiger partial charge in [0.15, 0.2) is 0 Å². The van der Waals surface area contributed by atoms with Gasteiger partial charge >= 0.3 is 5.69 Å². The summed E-state index contributed by atoms with van der Waals surface area (Å²) >= 11 is 3.36. The number of rotatable bonds is 4. The standard InChI is InChI=1S/C15H13BrN4O/c16-11-1-2-13(18-9-11)10-19-12-3-5-14(6-4-12)20-8-7-17-15(20)21/h1-9,19H,10H2,(H,17,21). The zero-order chi connectivity index (χ0) is 14.7. The first kappa shape index (κ1) is 13.6. The van der Waals surface area contributed by atoms with Crippen LogP contribution in [0.1, 0.15) is 5.69 Å². The number of hydrogen-bond donors (Lipinski definition) is 2. The van der Waals surface area contributed by atoms with Crippen LogP contribution in [-0.4, -0.2) is 14.5 Å². The lowest BCUT2D eigenvalue weighted by atomic mass is 10.2. The third-order valence-corrected chi connectivity index (χ3v) is 3.53. The number of benzene rings is 1. The maximum Gasteiger partial charge on any atom is 0.330 e. The summed E-state index contributed by atoms with van der Waals surface area (Å²) in [4.78, 5) is 18.4. The molecule has 2 N–H and O–H groups in total. The van der Waals surface area contributed by atoms with E-state index in [1.807, 2.05) is 36.4 Å². The van der Waals surface area contributed by atoms with Gasteiger partial charge in [-0.2, -0.15) is 0 Å². The summed E-state index contributed by atoms with van der Waals surface area (Å²) in [6.07, 6.45) is 5.10. The fourth-order valence-corrected chi connectivity index (χ4v) is 2.20. The van der Waals surface area contributed by atoms with Gasteiger partial charge in [-0.25, -0.2) is 4.79 Å². The Morgan fingerprint density at radius 3 is 2.62 bits per heavy atom. The maximum atomic E-state index is 11.5. The third kappa shape index (κ3) is 3.22. The van der Waals surface area contributed by atoms with E-state index in [9.17, 15) is 4.79 Å². The van der Waals surface area contributed by atoms with Crippen molar-refractivity contribution in [1.29, 1.82) is 0 Å². The molecule has 0 amide bonds. The average Bonchev–Trinajstić information content (AvgIpc) is 2.93. The van der Waals surface area contributed by atoms with Crippen molar-refractivity contribution < 1.29 is 0 Å². The second kappa shape index (κ2) is 5.97. The molecule has 0 saturated carbocycles. The summed E-state index contributed by atoms with van der Waals surface area (Å²) in [7, 11) is 0. The molecule has 0 aliphatic heterocycles. The van der Waals surface area contributed by atoms with Crippen LogP contribution in [0.4, 0.5) is 5.69 Å². The number of pyridine rings is 1. The highest BCUT2D eigenvalue weighted by Crippen LogP contribution is 2.13. The molecule has 5 nitrogen and oxygen atoms in total. The number of hydrogen-bond acceptors (Lipinski definition) is 3. The molecular formula is C15H13BrN4O. The van der Waals surface area contributed by atoms with Crippen molar-refractivity contribution in [1.82, 2.24) is 14.5 Å². The molecule has 0 saturated heterocycles. The highest BCUT2D eigenvalue weighted by atomic mass is 79.9. The zero-order valence-electron chi connectivity index (χ0n) is 11.1. The quantitative estimate of drug-likeness (QED) is 0.764. The lowest BCUT2D eigenvalue weighted by Crippen LogP contribution is -2.13. The van der Waals surface area contributed by atoms with E-state index in [2.05, 4.69) is 31.2 Å². The molecule has 0 atom stereocenters. The van der Waals surface area contributed by atoms with Crippen LogP contribution >= 0.6 is 15.9 Å². The number of imidazole rings is 1. The van der Waals surface area contributed by atoms with Gasteiger partial charge in [0.05, 0.1) is 17.9 Å². The zero-order valence-corrected chi connectivity index (χ0v) is 12.7. The van der Waals surface area contributed by atoms with Gasteiger partial charge in [-0.1, -0.05) is 0 Å². The largest absolute Gasteiger partial charge is 0.379 e. The molecule has 2 aromatic heterocycles. The van der Waals surface area contributed by atoms with E-state index in [-0.39, 0.29) is 5.69 Å². The summed E-state index contributed by atoms with van der Waals surface area (Å²) in [5.41, 5.74) is 2.62. The number of aromatic nitrogens is 3. The van der Waals surface area contributed by atoms with Crippen LogP contribution in [0.25, 0.3) is 5.69 Å². The van der Waals surface area contributed by atoms with Crippen molar-refractivity contribution in [3.8, 4) is 5.69 Å². The summed E-state index contributed by atoms with van der Waals surface area (Å²) in [6.45, 7) is 0.650. The number of halogens is 1. The maximum absolute atomic E-state index is 11.5. The second-order valence-corrected chi connectivity index (χ2v) is 5.42. The van der Waals surface area contributed by atoms with Gasteiger partial charge in [0, 0.05) is 28.8 Å². The van der Waals surface area contributed by atoms with E-state index >= 15 is 0 Å². The Bertz CT molecular complexity index is 774. The molecular weight excluding hydrogens is 332 g/mol. The molecule has 106 valence electrons. The van der Waals surface area contributed by atoms with Gasteiger partial charge in [0.25, 0.3) is 0 Å². The first-order valence-electron chi connectivity index (χ1n) is 6.43. The molecule has 0 aliphatic rings. The Hall–Kier alpha value is -2.34. The van der Waals surface area contributed by atoms with Crippen molar-refractivity contribution >= 4 is 21.6 Å². The Kier molecular flexibility index (Phi) is 3.87. The van der Waals surface area contributed by atoms with Gasteiger partial charge in [0.2, 0.25) is 0 Å². The number of nitrogens with zero attached hydrogens (tertiary/aromatic N) is 2. The molecule has 0 fully saturated rings. The number of anilines is 1. The summed E-state index contributed by atoms with van der Waals surface area (Å²) in [6, 6.07) is 11.6. The smallest absolute Gasteiger partial charge is 0.330 e. The van der Waals surface area contributed by atoms with E-state index in [1.54, 1.807) is 23.2 Å². The van der Waals surface area contributed by atoms with E-state index in [4.69, 9.17) is 0 Å². The molecule has 0 bridgehead atoms. The van der Waals surface area contributed by atoms with Crippen molar-refractivity contribution in [2.75, 3.05) is 5.32 Å². The fraction of sp³-hybridized carbons (Fsp3) is 0.0667. The van der Waals surface area contributed by atoms with Crippen LogP contribution in [-0.2, 0) is 6.54 Å². The fourth-order valence-electron chi connectivity index (χ4n) is 1.97. The van der Waals surface area contributed by atoms with Crippen LogP contribution in [0, 0.1) is 0 Å². The minimum Gasteiger partial charge on any atom is -0.379 e. The second-order valence-electron chi connectivity index (χ2n) is 4.50. The highest BCUT2D eigenvalue weighted by molar-refractivity contribution is 9.10. The monoisotopic (exact) mass is 344 g/mol. The predicted molar refractivity (Wildman–Crippen MR) is 85.7 cm³/mol. The van der Waals surface area contributed by atoms with Gasteiger partial charge < -0.3 is 10.3 Å². The van der Waals surface area contributed by atoms with Crippen LogP contribution in [0.5, 0.6) is 0 Å². The molecule has 1 aromatic carbocycles. The Labute approximate surface area is 129 Å². The molecule has 0 spiro atoms. The Morgan fingerprint density at radius 1 is 1.19 bits per heavy atom. The molecule has 0 unspecified atom stereocenters. The van der Waals surface area contributed by atoms with Gasteiger partial charge in [-0.05, 0) is 52.3 Å². The van der Waals surface area contributed by atoms with Gasteiger partial charge in [0.1, 0.15) is 0 Å².